The zero-order valence-corrected chi connectivity index (χ0v) is 20.7. The molecule has 0 aliphatic heterocycles. The lowest BCUT2D eigenvalue weighted by atomic mass is 9.89. The topological polar surface area (TPSA) is 99.2 Å². The van der Waals surface area contributed by atoms with Crippen molar-refractivity contribution in [3.05, 3.63) is 41.5 Å². The SMILES string of the molecule is CCCn1nc(C(C)C)c2c1CCC(Nc1ncnc3c1nc(-c1cnc(C)nc1)n3CC)C2. The van der Waals surface area contributed by atoms with Crippen LogP contribution in [0.15, 0.2) is 18.7 Å². The molecule has 0 bridgehead atoms. The van der Waals surface area contributed by atoms with Crippen molar-refractivity contribution in [1.29, 1.82) is 0 Å². The van der Waals surface area contributed by atoms with Crippen LogP contribution in [0.3, 0.4) is 0 Å². The normalized spacial score (nSPS) is 15.8. The van der Waals surface area contributed by atoms with Crippen LogP contribution in [0.5, 0.6) is 0 Å². The van der Waals surface area contributed by atoms with Gasteiger partial charge in [0.25, 0.3) is 0 Å². The van der Waals surface area contributed by atoms with Crippen molar-refractivity contribution in [1.82, 2.24) is 39.3 Å². The molecule has 4 aromatic rings. The molecule has 0 amide bonds. The molecule has 1 atom stereocenters. The first-order valence-corrected chi connectivity index (χ1v) is 12.3. The van der Waals surface area contributed by atoms with Gasteiger partial charge in [-0.15, -0.1) is 0 Å². The number of nitrogens with one attached hydrogen (secondary N) is 1. The molecule has 9 heteroatoms. The van der Waals surface area contributed by atoms with Crippen LogP contribution in [0.2, 0.25) is 0 Å². The van der Waals surface area contributed by atoms with Gasteiger partial charge in [0.1, 0.15) is 18.0 Å². The van der Waals surface area contributed by atoms with E-state index in [4.69, 9.17) is 10.1 Å². The predicted molar refractivity (Wildman–Crippen MR) is 133 cm³/mol. The highest BCUT2D eigenvalue weighted by Crippen LogP contribution is 2.32. The minimum atomic E-state index is 0.278. The average Bonchev–Trinajstić information content (AvgIpc) is 3.39. The van der Waals surface area contributed by atoms with Crippen LogP contribution in [0.25, 0.3) is 22.6 Å². The summed E-state index contributed by atoms with van der Waals surface area (Å²) in [5, 5.41) is 8.68. The quantitative estimate of drug-likeness (QED) is 0.439. The third-order valence-corrected chi connectivity index (χ3v) is 6.59. The van der Waals surface area contributed by atoms with E-state index in [2.05, 4.69) is 62.2 Å². The Hall–Kier alpha value is -3.36. The minimum absolute atomic E-state index is 0.278. The highest BCUT2D eigenvalue weighted by atomic mass is 15.3. The number of fused-ring (bicyclic) bond motifs is 2. The third-order valence-electron chi connectivity index (χ3n) is 6.59. The van der Waals surface area contributed by atoms with E-state index in [0.717, 1.165) is 73.0 Å². The Morgan fingerprint density at radius 1 is 1.12 bits per heavy atom. The van der Waals surface area contributed by atoms with Gasteiger partial charge in [-0.2, -0.15) is 5.10 Å². The maximum atomic E-state index is 4.97. The first kappa shape index (κ1) is 22.4. The molecule has 4 aromatic heterocycles. The van der Waals surface area contributed by atoms with E-state index in [-0.39, 0.29) is 6.04 Å². The van der Waals surface area contributed by atoms with E-state index < -0.39 is 0 Å². The smallest absolute Gasteiger partial charge is 0.165 e. The third kappa shape index (κ3) is 3.93. The van der Waals surface area contributed by atoms with Crippen molar-refractivity contribution in [3.8, 4) is 11.4 Å². The van der Waals surface area contributed by atoms with Crippen LogP contribution in [0.1, 0.15) is 69.2 Å². The zero-order chi connectivity index (χ0) is 23.8. The molecule has 0 saturated heterocycles. The molecule has 0 fully saturated rings. The minimum Gasteiger partial charge on any atom is -0.365 e. The summed E-state index contributed by atoms with van der Waals surface area (Å²) >= 11 is 0. The van der Waals surface area contributed by atoms with E-state index in [1.165, 1.54) is 17.0 Å². The standard InChI is InChI=1S/C25H33N9/c1-6-10-34-20-9-8-18(11-19(20)21(32-34)15(3)4)30-23-22-25(29-14-28-23)33(7-2)24(31-22)17-12-26-16(5)27-13-17/h12-15,18H,6-11H2,1-5H3,(H,28,29,30). The second-order valence-corrected chi connectivity index (χ2v) is 9.37. The van der Waals surface area contributed by atoms with Gasteiger partial charge in [0.2, 0.25) is 0 Å². The van der Waals surface area contributed by atoms with Crippen LogP contribution in [-0.2, 0) is 25.9 Å². The molecule has 34 heavy (non-hydrogen) atoms. The van der Waals surface area contributed by atoms with E-state index in [9.17, 15) is 0 Å². The molecule has 178 valence electrons. The second kappa shape index (κ2) is 9.12. The number of aryl methyl sites for hydroxylation is 3. The van der Waals surface area contributed by atoms with Crippen molar-refractivity contribution in [2.45, 2.75) is 85.4 Å². The van der Waals surface area contributed by atoms with Gasteiger partial charge >= 0.3 is 0 Å². The second-order valence-electron chi connectivity index (χ2n) is 9.37. The Labute approximate surface area is 200 Å². The highest BCUT2D eigenvalue weighted by Gasteiger charge is 2.28. The van der Waals surface area contributed by atoms with Crippen LogP contribution >= 0.6 is 0 Å². The number of rotatable bonds is 7. The molecule has 1 aliphatic carbocycles. The molecule has 0 aromatic carbocycles. The number of hydrogen-bond donors (Lipinski definition) is 1. The fraction of sp³-hybridized carbons (Fsp3) is 0.520. The molecule has 0 radical (unpaired) electrons. The molecule has 4 heterocycles. The molecule has 0 saturated carbocycles. The van der Waals surface area contributed by atoms with Gasteiger partial charge in [0, 0.05) is 37.2 Å². The van der Waals surface area contributed by atoms with Gasteiger partial charge in [0.15, 0.2) is 17.0 Å². The zero-order valence-electron chi connectivity index (χ0n) is 20.7. The molecular formula is C25H33N9. The van der Waals surface area contributed by atoms with E-state index >= 15 is 0 Å². The van der Waals surface area contributed by atoms with Crippen LogP contribution in [-0.4, -0.2) is 45.3 Å². The lowest BCUT2D eigenvalue weighted by Crippen LogP contribution is -2.29. The molecular weight excluding hydrogens is 426 g/mol. The summed E-state index contributed by atoms with van der Waals surface area (Å²) < 4.78 is 4.34. The maximum absolute atomic E-state index is 4.97. The van der Waals surface area contributed by atoms with Crippen molar-refractivity contribution in [3.63, 3.8) is 0 Å². The maximum Gasteiger partial charge on any atom is 0.165 e. The highest BCUT2D eigenvalue weighted by molar-refractivity contribution is 5.86. The van der Waals surface area contributed by atoms with Gasteiger partial charge in [0.05, 0.1) is 11.3 Å². The summed E-state index contributed by atoms with van der Waals surface area (Å²) in [6.45, 7) is 12.4. The molecule has 1 unspecified atom stereocenters. The number of aromatic nitrogens is 8. The molecule has 9 nitrogen and oxygen atoms in total. The largest absolute Gasteiger partial charge is 0.365 e. The number of anilines is 1. The summed E-state index contributed by atoms with van der Waals surface area (Å²) in [6, 6.07) is 0.278. The van der Waals surface area contributed by atoms with Gasteiger partial charge in [-0.05, 0) is 51.0 Å². The molecule has 1 N–H and O–H groups in total. The van der Waals surface area contributed by atoms with Crippen LogP contribution < -0.4 is 5.32 Å². The van der Waals surface area contributed by atoms with Crippen molar-refractivity contribution in [2.75, 3.05) is 5.32 Å². The lowest BCUT2D eigenvalue weighted by molar-refractivity contribution is 0.531. The summed E-state index contributed by atoms with van der Waals surface area (Å²) in [5.41, 5.74) is 6.55. The van der Waals surface area contributed by atoms with Crippen LogP contribution in [0.4, 0.5) is 5.82 Å². The summed E-state index contributed by atoms with van der Waals surface area (Å²) in [5.74, 6) is 2.75. The first-order valence-electron chi connectivity index (χ1n) is 12.3. The Morgan fingerprint density at radius 2 is 1.91 bits per heavy atom. The summed E-state index contributed by atoms with van der Waals surface area (Å²) in [7, 11) is 0. The van der Waals surface area contributed by atoms with Crippen LogP contribution in [0, 0.1) is 6.92 Å². The molecule has 1 aliphatic rings. The Kier molecular flexibility index (Phi) is 6.02. The van der Waals surface area contributed by atoms with Gasteiger partial charge in [-0.3, -0.25) is 4.68 Å². The molecule has 0 spiro atoms. The van der Waals surface area contributed by atoms with E-state index in [0.29, 0.717) is 5.92 Å². The predicted octanol–water partition coefficient (Wildman–Crippen LogP) is 4.31. The van der Waals surface area contributed by atoms with E-state index in [1.807, 2.05) is 19.3 Å². The monoisotopic (exact) mass is 459 g/mol. The Balaban J connectivity index is 1.48. The van der Waals surface area contributed by atoms with Crippen molar-refractivity contribution < 1.29 is 0 Å². The van der Waals surface area contributed by atoms with Gasteiger partial charge < -0.3 is 9.88 Å². The summed E-state index contributed by atoms with van der Waals surface area (Å²) in [4.78, 5) is 22.8. The fourth-order valence-electron chi connectivity index (χ4n) is 4.96. The number of imidazole rings is 1. The summed E-state index contributed by atoms with van der Waals surface area (Å²) in [6.07, 6.45) is 9.38. The fourth-order valence-corrected chi connectivity index (χ4v) is 4.96. The number of nitrogens with zero attached hydrogens (tertiary/aromatic N) is 8. The first-order chi connectivity index (χ1) is 16.5. The number of hydrogen-bond acceptors (Lipinski definition) is 7. The van der Waals surface area contributed by atoms with E-state index in [1.54, 1.807) is 6.33 Å². The van der Waals surface area contributed by atoms with Gasteiger partial charge in [-0.25, -0.2) is 24.9 Å². The Morgan fingerprint density at radius 3 is 2.62 bits per heavy atom. The van der Waals surface area contributed by atoms with Gasteiger partial charge in [-0.1, -0.05) is 20.8 Å². The van der Waals surface area contributed by atoms with Crippen molar-refractivity contribution >= 4 is 17.0 Å². The molecule has 5 rings (SSSR count). The Bertz CT molecular complexity index is 1300. The lowest BCUT2D eigenvalue weighted by Gasteiger charge is -2.25. The average molecular weight is 460 g/mol. The van der Waals surface area contributed by atoms with Crippen molar-refractivity contribution in [2.24, 2.45) is 0 Å².